The number of benzene rings is 2. The number of carbonyl (C=O) groups excluding carboxylic acids is 3. The highest BCUT2D eigenvalue weighted by Gasteiger charge is 2.38. The fraction of sp³-hybridized carbons (Fsp3) is 0.238. The topological polar surface area (TPSA) is 94.1 Å². The van der Waals surface area contributed by atoms with Gasteiger partial charge in [-0.05, 0) is 12.1 Å². The average Bonchev–Trinajstić information content (AvgIpc) is 2.71. The number of nitrogens with one attached hydrogen (secondary N) is 1. The normalized spacial score (nSPS) is 17.2. The van der Waals surface area contributed by atoms with Crippen molar-refractivity contribution in [3.05, 3.63) is 59.7 Å². The number of ketones is 2. The number of fused-ring (bicyclic) bond motifs is 1. The molecule has 0 saturated heterocycles. The highest BCUT2D eigenvalue weighted by Crippen LogP contribution is 2.25. The number of ether oxygens (including phenoxy) is 2. The summed E-state index contributed by atoms with van der Waals surface area (Å²) in [6, 6.07) is 12.6. The molecule has 0 radical (unpaired) electrons. The van der Waals surface area contributed by atoms with E-state index in [2.05, 4.69) is 10.3 Å². The lowest BCUT2D eigenvalue weighted by atomic mass is 9.84. The predicted molar refractivity (Wildman–Crippen MR) is 103 cm³/mol. The van der Waals surface area contributed by atoms with Crippen molar-refractivity contribution in [2.24, 2.45) is 4.99 Å². The Morgan fingerprint density at radius 3 is 2.36 bits per heavy atom. The van der Waals surface area contributed by atoms with Gasteiger partial charge in [0.25, 0.3) is 0 Å². The minimum absolute atomic E-state index is 0.0162. The van der Waals surface area contributed by atoms with Crippen LogP contribution in [0.3, 0.4) is 0 Å². The molecule has 0 fully saturated rings. The van der Waals surface area contributed by atoms with E-state index < -0.39 is 11.9 Å². The van der Waals surface area contributed by atoms with Gasteiger partial charge in [0.15, 0.2) is 17.3 Å². The molecule has 1 aliphatic carbocycles. The largest absolute Gasteiger partial charge is 0.493 e. The quantitative estimate of drug-likeness (QED) is 0.775. The summed E-state index contributed by atoms with van der Waals surface area (Å²) in [5.74, 6) is 0.00803. The van der Waals surface area contributed by atoms with Gasteiger partial charge in [-0.3, -0.25) is 19.4 Å². The van der Waals surface area contributed by atoms with Crippen LogP contribution in [0.5, 0.6) is 11.5 Å². The molecule has 1 N–H and O–H groups in total. The molecule has 0 bridgehead atoms. The molecule has 7 heteroatoms. The Balaban J connectivity index is 1.80. The molecule has 144 valence electrons. The molecule has 0 unspecified atom stereocenters. The molecular weight excluding hydrogens is 360 g/mol. The van der Waals surface area contributed by atoms with E-state index in [1.54, 1.807) is 43.5 Å². The third-order valence-corrected chi connectivity index (χ3v) is 4.25. The maximum Gasteiger partial charge on any atom is 0.217 e. The summed E-state index contributed by atoms with van der Waals surface area (Å²) >= 11 is 0. The zero-order chi connectivity index (χ0) is 20.1. The molecule has 1 aliphatic rings. The first kappa shape index (κ1) is 19.3. The van der Waals surface area contributed by atoms with Crippen molar-refractivity contribution in [3.63, 3.8) is 0 Å². The van der Waals surface area contributed by atoms with Crippen molar-refractivity contribution in [1.82, 2.24) is 5.32 Å². The van der Waals surface area contributed by atoms with E-state index in [1.165, 1.54) is 6.92 Å². The van der Waals surface area contributed by atoms with Gasteiger partial charge in [0.1, 0.15) is 18.4 Å². The highest BCUT2D eigenvalue weighted by atomic mass is 16.5. The third-order valence-electron chi connectivity index (χ3n) is 4.25. The smallest absolute Gasteiger partial charge is 0.217 e. The molecule has 0 aromatic heterocycles. The fourth-order valence-electron chi connectivity index (χ4n) is 3.00. The summed E-state index contributed by atoms with van der Waals surface area (Å²) in [4.78, 5) is 41.4. The average molecular weight is 380 g/mol. The van der Waals surface area contributed by atoms with Crippen molar-refractivity contribution in [2.45, 2.75) is 13.0 Å². The predicted octanol–water partition coefficient (Wildman–Crippen LogP) is 2.10. The van der Waals surface area contributed by atoms with Crippen molar-refractivity contribution < 1.29 is 23.9 Å². The molecule has 2 aromatic carbocycles. The van der Waals surface area contributed by atoms with Gasteiger partial charge in [0, 0.05) is 18.1 Å². The summed E-state index contributed by atoms with van der Waals surface area (Å²) < 4.78 is 10.9. The lowest BCUT2D eigenvalue weighted by molar-refractivity contribution is -0.119. The van der Waals surface area contributed by atoms with E-state index in [9.17, 15) is 14.4 Å². The molecule has 1 atom stereocenters. The van der Waals surface area contributed by atoms with Crippen LogP contribution in [0.4, 0.5) is 0 Å². The Kier molecular flexibility index (Phi) is 5.84. The molecule has 1 amide bonds. The number of nitrogens with zero attached hydrogens (tertiary/aromatic N) is 1. The highest BCUT2D eigenvalue weighted by molar-refractivity contribution is 6.55. The summed E-state index contributed by atoms with van der Waals surface area (Å²) in [5, 5.41) is 2.53. The van der Waals surface area contributed by atoms with E-state index in [4.69, 9.17) is 9.47 Å². The second kappa shape index (κ2) is 8.47. The second-order valence-corrected chi connectivity index (χ2v) is 6.14. The van der Waals surface area contributed by atoms with Crippen LogP contribution in [0.25, 0.3) is 0 Å². The molecule has 0 saturated carbocycles. The molecule has 28 heavy (non-hydrogen) atoms. The lowest BCUT2D eigenvalue weighted by Crippen LogP contribution is -2.52. The van der Waals surface area contributed by atoms with E-state index in [1.807, 2.05) is 12.1 Å². The minimum atomic E-state index is -1.09. The number of Topliss-reactive ketones (excluding diaryl/α,β-unsaturated/α-hetero) is 2. The van der Waals surface area contributed by atoms with Gasteiger partial charge >= 0.3 is 0 Å². The van der Waals surface area contributed by atoms with Gasteiger partial charge in [0.2, 0.25) is 11.7 Å². The Morgan fingerprint density at radius 1 is 1.04 bits per heavy atom. The molecule has 3 rings (SSSR count). The Labute approximate surface area is 162 Å². The van der Waals surface area contributed by atoms with Gasteiger partial charge in [0.05, 0.1) is 13.7 Å². The number of rotatable bonds is 6. The minimum Gasteiger partial charge on any atom is -0.493 e. The maximum atomic E-state index is 12.8. The van der Waals surface area contributed by atoms with Crippen LogP contribution in [-0.4, -0.2) is 49.5 Å². The van der Waals surface area contributed by atoms with Gasteiger partial charge in [-0.25, -0.2) is 0 Å². The lowest BCUT2D eigenvalue weighted by Gasteiger charge is -2.24. The van der Waals surface area contributed by atoms with Crippen molar-refractivity contribution in [2.75, 3.05) is 20.3 Å². The van der Waals surface area contributed by atoms with Crippen LogP contribution in [0.2, 0.25) is 0 Å². The first-order valence-corrected chi connectivity index (χ1v) is 8.78. The first-order valence-electron chi connectivity index (χ1n) is 8.78. The number of aliphatic imine (C=N–C) groups is 1. The summed E-state index contributed by atoms with van der Waals surface area (Å²) in [7, 11) is 1.55. The van der Waals surface area contributed by atoms with E-state index in [0.29, 0.717) is 17.1 Å². The molecule has 7 nitrogen and oxygen atoms in total. The monoisotopic (exact) mass is 380 g/mol. The van der Waals surface area contributed by atoms with Crippen LogP contribution in [-0.2, 0) is 4.79 Å². The van der Waals surface area contributed by atoms with Crippen LogP contribution in [0.15, 0.2) is 53.5 Å². The zero-order valence-electron chi connectivity index (χ0n) is 15.6. The van der Waals surface area contributed by atoms with Crippen LogP contribution < -0.4 is 14.8 Å². The van der Waals surface area contributed by atoms with Crippen LogP contribution >= 0.6 is 0 Å². The van der Waals surface area contributed by atoms with Gasteiger partial charge in [-0.1, -0.05) is 36.4 Å². The maximum absolute atomic E-state index is 12.8. The number of para-hydroxylation sites is 2. The number of amides is 1. The Hall–Kier alpha value is -3.48. The molecule has 0 spiro atoms. The van der Waals surface area contributed by atoms with Gasteiger partial charge in [-0.2, -0.15) is 0 Å². The molecule has 0 heterocycles. The van der Waals surface area contributed by atoms with Crippen molar-refractivity contribution >= 4 is 23.2 Å². The molecule has 2 aromatic rings. The summed E-state index contributed by atoms with van der Waals surface area (Å²) in [6.07, 6.45) is 0. The number of carbonyl (C=O) groups is 3. The number of methoxy groups -OCH3 is 1. The van der Waals surface area contributed by atoms with E-state index in [-0.39, 0.29) is 36.0 Å². The second-order valence-electron chi connectivity index (χ2n) is 6.14. The number of hydrogen-bond donors (Lipinski definition) is 1. The van der Waals surface area contributed by atoms with Crippen molar-refractivity contribution in [3.8, 4) is 11.5 Å². The number of hydrogen-bond acceptors (Lipinski definition) is 6. The Bertz CT molecular complexity index is 951. The Morgan fingerprint density at radius 2 is 1.68 bits per heavy atom. The third kappa shape index (κ3) is 3.93. The first-order chi connectivity index (χ1) is 13.5. The van der Waals surface area contributed by atoms with Gasteiger partial charge < -0.3 is 14.8 Å². The van der Waals surface area contributed by atoms with Crippen molar-refractivity contribution in [1.29, 1.82) is 0 Å². The summed E-state index contributed by atoms with van der Waals surface area (Å²) in [5.41, 5.74) is 0.594. The molecular formula is C21H20N2O5. The SMILES string of the molecule is COc1ccccc1OCCN=C1C(=O)c2ccccc2C(=O)[C@@H]1NC(C)=O. The fourth-order valence-corrected chi connectivity index (χ4v) is 3.00. The van der Waals surface area contributed by atoms with Crippen LogP contribution in [0, 0.1) is 0 Å². The van der Waals surface area contributed by atoms with Crippen LogP contribution in [0.1, 0.15) is 27.6 Å². The van der Waals surface area contributed by atoms with E-state index in [0.717, 1.165) is 0 Å². The van der Waals surface area contributed by atoms with Gasteiger partial charge in [-0.15, -0.1) is 0 Å². The molecule has 0 aliphatic heterocycles. The standard InChI is InChI=1S/C21H20N2O5/c1-13(24)23-19-18(20(25)14-7-3-4-8-15(14)21(19)26)22-11-12-28-17-10-6-5-9-16(17)27-2/h3-10,19H,11-12H2,1-2H3,(H,23,24)/t19-/m1/s1. The zero-order valence-corrected chi connectivity index (χ0v) is 15.6. The van der Waals surface area contributed by atoms with E-state index >= 15 is 0 Å². The summed E-state index contributed by atoms with van der Waals surface area (Å²) in [6.45, 7) is 1.62.